The summed E-state index contributed by atoms with van der Waals surface area (Å²) in [6.45, 7) is 3.90. The third-order valence-corrected chi connectivity index (χ3v) is 2.46. The molecule has 0 radical (unpaired) electrons. The molecule has 0 saturated heterocycles. The first kappa shape index (κ1) is 5.44. The van der Waals surface area contributed by atoms with Gasteiger partial charge in [-0.25, -0.2) is 0 Å². The van der Waals surface area contributed by atoms with Gasteiger partial charge in [-0.3, -0.25) is 0 Å². The van der Waals surface area contributed by atoms with Crippen LogP contribution < -0.4 is 0 Å². The van der Waals surface area contributed by atoms with Gasteiger partial charge in [-0.15, -0.1) is 0 Å². The van der Waals surface area contributed by atoms with Crippen LogP contribution in [0.5, 0.6) is 0 Å². The monoisotopic (exact) mass is 264 g/mol. The molecule has 0 aromatic heterocycles. The van der Waals surface area contributed by atoms with Crippen LogP contribution in [0.4, 0.5) is 0 Å². The molecule has 1 saturated carbocycles. The van der Waals surface area contributed by atoms with Crippen LogP contribution in [0.2, 0.25) is 0 Å². The van der Waals surface area contributed by atoms with Crippen molar-refractivity contribution in [3.05, 3.63) is 12.2 Å². The molecule has 0 spiro atoms. The standard InChI is InChI=1S/C6H8.W/c1-6-4-2-3-5-6;/h1-2,4-5H2;. The van der Waals surface area contributed by atoms with Crippen molar-refractivity contribution in [2.45, 2.75) is 19.3 Å². The summed E-state index contributed by atoms with van der Waals surface area (Å²) in [6, 6.07) is 0. The SMILES string of the molecule is C=C1CC[C](=[W])C1. The van der Waals surface area contributed by atoms with E-state index in [9.17, 15) is 0 Å². The van der Waals surface area contributed by atoms with Gasteiger partial charge >= 0.3 is 54.7 Å². The molecule has 0 amide bonds. The summed E-state index contributed by atoms with van der Waals surface area (Å²) >= 11 is 1.66. The number of allylic oxidation sites excluding steroid dienone is 1. The first-order valence-corrected chi connectivity index (χ1v) is 3.94. The van der Waals surface area contributed by atoms with E-state index in [0.717, 1.165) is 0 Å². The first-order chi connectivity index (χ1) is 3.29. The molecular formula is C6H8W. The van der Waals surface area contributed by atoms with E-state index in [0.29, 0.717) is 0 Å². The molecule has 1 aliphatic carbocycles. The summed E-state index contributed by atoms with van der Waals surface area (Å²) in [5.74, 6) is 0. The molecule has 38 valence electrons. The molecule has 0 atom stereocenters. The summed E-state index contributed by atoms with van der Waals surface area (Å²) < 4.78 is 1.69. The Hall–Kier alpha value is 0.298. The normalized spacial score (nSPS) is 21.1. The maximum absolute atomic E-state index is 3.90. The fourth-order valence-electron chi connectivity index (χ4n) is 0.772. The molecule has 0 heterocycles. The molecule has 1 fully saturated rings. The fourth-order valence-corrected chi connectivity index (χ4v) is 1.87. The van der Waals surface area contributed by atoms with E-state index >= 15 is 0 Å². The average molecular weight is 264 g/mol. The molecule has 1 heteroatoms. The van der Waals surface area contributed by atoms with Crippen LogP contribution in [0.25, 0.3) is 0 Å². The molecule has 0 aliphatic heterocycles. The molecule has 1 aliphatic rings. The minimum atomic E-state index is 1.23. The Morgan fingerprint density at radius 1 is 1.43 bits per heavy atom. The van der Waals surface area contributed by atoms with Gasteiger partial charge in [0.05, 0.1) is 0 Å². The van der Waals surface area contributed by atoms with Crippen molar-refractivity contribution < 1.29 is 19.4 Å². The molecule has 0 bridgehead atoms. The van der Waals surface area contributed by atoms with Gasteiger partial charge in [0.2, 0.25) is 0 Å². The first-order valence-electron chi connectivity index (χ1n) is 2.47. The third kappa shape index (κ3) is 1.35. The predicted octanol–water partition coefficient (Wildman–Crippen LogP) is 1.45. The Labute approximate surface area is 55.0 Å². The number of rotatable bonds is 0. The summed E-state index contributed by atoms with van der Waals surface area (Å²) in [7, 11) is 0. The van der Waals surface area contributed by atoms with Crippen molar-refractivity contribution in [3.63, 3.8) is 0 Å². The van der Waals surface area contributed by atoms with Crippen molar-refractivity contribution in [3.8, 4) is 0 Å². The van der Waals surface area contributed by atoms with Crippen LogP contribution >= 0.6 is 0 Å². The zero-order valence-corrected chi connectivity index (χ0v) is 7.17. The maximum atomic E-state index is 3.90. The predicted molar refractivity (Wildman–Crippen MR) is 28.0 cm³/mol. The summed E-state index contributed by atoms with van der Waals surface area (Å²) in [5, 5.41) is 0. The second-order valence-corrected chi connectivity index (χ2v) is 4.04. The third-order valence-electron chi connectivity index (χ3n) is 1.20. The van der Waals surface area contributed by atoms with Crippen molar-refractivity contribution in [1.82, 2.24) is 0 Å². The summed E-state index contributed by atoms with van der Waals surface area (Å²) in [6.07, 6.45) is 3.82. The molecular weight excluding hydrogens is 256 g/mol. The van der Waals surface area contributed by atoms with E-state index in [1.807, 2.05) is 0 Å². The van der Waals surface area contributed by atoms with Crippen LogP contribution in [0.1, 0.15) is 19.3 Å². The summed E-state index contributed by atoms with van der Waals surface area (Å²) in [4.78, 5) is 0. The second-order valence-electron chi connectivity index (χ2n) is 1.97. The van der Waals surface area contributed by atoms with Crippen molar-refractivity contribution in [1.29, 1.82) is 0 Å². The van der Waals surface area contributed by atoms with Gasteiger partial charge in [-0.05, 0) is 0 Å². The van der Waals surface area contributed by atoms with Gasteiger partial charge in [0.1, 0.15) is 0 Å². The van der Waals surface area contributed by atoms with Gasteiger partial charge in [0, 0.05) is 0 Å². The van der Waals surface area contributed by atoms with Gasteiger partial charge in [0.25, 0.3) is 0 Å². The van der Waals surface area contributed by atoms with E-state index in [1.165, 1.54) is 24.8 Å². The van der Waals surface area contributed by atoms with E-state index < -0.39 is 0 Å². The Morgan fingerprint density at radius 2 is 2.14 bits per heavy atom. The van der Waals surface area contributed by atoms with Gasteiger partial charge in [-0.1, -0.05) is 0 Å². The van der Waals surface area contributed by atoms with E-state index in [4.69, 9.17) is 0 Å². The van der Waals surface area contributed by atoms with E-state index in [1.54, 1.807) is 23.3 Å². The second kappa shape index (κ2) is 2.04. The minimum absolute atomic E-state index is 1.23. The van der Waals surface area contributed by atoms with Gasteiger partial charge in [-0.2, -0.15) is 0 Å². The summed E-state index contributed by atoms with van der Waals surface area (Å²) in [5.41, 5.74) is 1.44. The number of hydrogen-bond donors (Lipinski definition) is 0. The Kier molecular flexibility index (Phi) is 1.59. The molecule has 0 unspecified atom stereocenters. The molecule has 0 aromatic rings. The molecule has 0 nitrogen and oxygen atoms in total. The van der Waals surface area contributed by atoms with Crippen LogP contribution in [0, 0.1) is 0 Å². The zero-order valence-electron chi connectivity index (χ0n) is 4.24. The Balaban J connectivity index is 2.55. The fraction of sp³-hybridized carbons (Fsp3) is 0.500. The number of hydrogen-bond acceptors (Lipinski definition) is 0. The Morgan fingerprint density at radius 3 is 2.29 bits per heavy atom. The Bertz CT molecular complexity index is 99.3. The van der Waals surface area contributed by atoms with Gasteiger partial charge in [0.15, 0.2) is 0 Å². The van der Waals surface area contributed by atoms with Crippen molar-refractivity contribution in [2.75, 3.05) is 0 Å². The van der Waals surface area contributed by atoms with Crippen LogP contribution in [-0.4, -0.2) is 3.90 Å². The van der Waals surface area contributed by atoms with Crippen molar-refractivity contribution in [2.24, 2.45) is 0 Å². The molecule has 0 N–H and O–H groups in total. The van der Waals surface area contributed by atoms with Crippen molar-refractivity contribution >= 4 is 3.90 Å². The molecule has 1 rings (SSSR count). The topological polar surface area (TPSA) is 0 Å². The van der Waals surface area contributed by atoms with Crippen LogP contribution in [0.15, 0.2) is 12.2 Å². The average Bonchev–Trinajstić information content (AvgIpc) is 1.87. The molecule has 0 aromatic carbocycles. The van der Waals surface area contributed by atoms with Crippen LogP contribution in [-0.2, 0) is 19.4 Å². The van der Waals surface area contributed by atoms with Gasteiger partial charge < -0.3 is 0 Å². The zero-order chi connectivity index (χ0) is 5.28. The molecule has 7 heavy (non-hydrogen) atoms. The van der Waals surface area contributed by atoms with Crippen LogP contribution in [0.3, 0.4) is 0 Å². The van der Waals surface area contributed by atoms with E-state index in [-0.39, 0.29) is 0 Å². The quantitative estimate of drug-likeness (QED) is 0.581. The van der Waals surface area contributed by atoms with E-state index in [2.05, 4.69) is 6.58 Å².